The van der Waals surface area contributed by atoms with Gasteiger partial charge in [0.05, 0.1) is 10.4 Å². The molecule has 0 aliphatic heterocycles. The van der Waals surface area contributed by atoms with Crippen LogP contribution in [-0.4, -0.2) is 0 Å². The SMILES string of the molecule is C[n+]1c(/C=C(\Cl)c2cccs2)sc2ccc3ccccc3c21.[Cl-]. The maximum absolute atomic E-state index is 6.46. The summed E-state index contributed by atoms with van der Waals surface area (Å²) in [5.74, 6) is 0. The largest absolute Gasteiger partial charge is 1.00 e. The Kier molecular flexibility index (Phi) is 4.74. The lowest BCUT2D eigenvalue weighted by atomic mass is 10.1. The molecule has 2 aromatic heterocycles. The van der Waals surface area contributed by atoms with Crippen molar-refractivity contribution in [2.75, 3.05) is 0 Å². The Bertz CT molecular complexity index is 1000. The summed E-state index contributed by atoms with van der Waals surface area (Å²) in [6.45, 7) is 0. The Morgan fingerprint density at radius 1 is 1.09 bits per heavy atom. The minimum absolute atomic E-state index is 0. The van der Waals surface area contributed by atoms with Crippen LogP contribution in [0, 0.1) is 0 Å². The number of aromatic nitrogens is 1. The fraction of sp³-hybridized carbons (Fsp3) is 0.0556. The molecule has 0 aliphatic rings. The van der Waals surface area contributed by atoms with Crippen molar-refractivity contribution in [1.29, 1.82) is 0 Å². The van der Waals surface area contributed by atoms with Crippen molar-refractivity contribution >= 4 is 66.4 Å². The molecule has 0 saturated carbocycles. The monoisotopic (exact) mass is 377 g/mol. The van der Waals surface area contributed by atoms with E-state index < -0.39 is 0 Å². The van der Waals surface area contributed by atoms with E-state index in [9.17, 15) is 0 Å². The van der Waals surface area contributed by atoms with Crippen LogP contribution >= 0.6 is 34.3 Å². The predicted octanol–water partition coefficient (Wildman–Crippen LogP) is 2.68. The number of fused-ring (bicyclic) bond motifs is 3. The van der Waals surface area contributed by atoms with Crippen LogP contribution in [-0.2, 0) is 7.05 Å². The van der Waals surface area contributed by atoms with Crippen molar-refractivity contribution in [1.82, 2.24) is 0 Å². The normalized spacial score (nSPS) is 11.8. The number of halogens is 2. The topological polar surface area (TPSA) is 3.88 Å². The number of nitrogens with zero attached hydrogens (tertiary/aromatic N) is 1. The average Bonchev–Trinajstić information content (AvgIpc) is 3.17. The molecule has 0 saturated heterocycles. The molecular weight excluding hydrogens is 365 g/mol. The summed E-state index contributed by atoms with van der Waals surface area (Å²) in [6.07, 6.45) is 2.06. The molecule has 4 rings (SSSR count). The van der Waals surface area contributed by atoms with Crippen LogP contribution in [0.25, 0.3) is 32.1 Å². The molecule has 0 spiro atoms. The standard InChI is InChI=1S/C18H13ClNS2.ClH/c1-20-17(11-14(19)15-7-4-10-21-15)22-16-9-8-12-5-2-3-6-13(12)18(16)20;/h2-11H,1H3;1H/q+1;/p-1/b14-11-;. The zero-order valence-corrected chi connectivity index (χ0v) is 15.4. The predicted molar refractivity (Wildman–Crippen MR) is 98.6 cm³/mol. The Balaban J connectivity index is 0.00000156. The molecule has 0 N–H and O–H groups in total. The number of thiophene rings is 1. The number of benzene rings is 2. The zero-order chi connectivity index (χ0) is 15.1. The van der Waals surface area contributed by atoms with Crippen LogP contribution in [0.5, 0.6) is 0 Å². The second-order valence-electron chi connectivity index (χ2n) is 5.10. The van der Waals surface area contributed by atoms with E-state index >= 15 is 0 Å². The molecule has 116 valence electrons. The Hall–Kier alpha value is -1.39. The van der Waals surface area contributed by atoms with Gasteiger partial charge in [0.2, 0.25) is 5.52 Å². The van der Waals surface area contributed by atoms with Crippen molar-refractivity contribution in [2.24, 2.45) is 7.05 Å². The van der Waals surface area contributed by atoms with E-state index in [-0.39, 0.29) is 12.4 Å². The highest BCUT2D eigenvalue weighted by molar-refractivity contribution is 7.19. The first kappa shape index (κ1) is 16.5. The van der Waals surface area contributed by atoms with Gasteiger partial charge in [-0.05, 0) is 29.0 Å². The van der Waals surface area contributed by atoms with Crippen LogP contribution in [0.1, 0.15) is 9.88 Å². The number of thiazole rings is 1. The van der Waals surface area contributed by atoms with Gasteiger partial charge in [0, 0.05) is 11.0 Å². The Labute approximate surface area is 153 Å². The van der Waals surface area contributed by atoms with E-state index in [0.29, 0.717) is 0 Å². The summed E-state index contributed by atoms with van der Waals surface area (Å²) >= 11 is 9.90. The quantitative estimate of drug-likeness (QED) is 0.473. The van der Waals surface area contributed by atoms with Crippen LogP contribution < -0.4 is 17.0 Å². The van der Waals surface area contributed by atoms with E-state index in [2.05, 4.69) is 54.1 Å². The number of hydrogen-bond acceptors (Lipinski definition) is 2. The van der Waals surface area contributed by atoms with Crippen molar-refractivity contribution in [2.45, 2.75) is 0 Å². The van der Waals surface area contributed by atoms with Crippen molar-refractivity contribution in [3.05, 3.63) is 63.8 Å². The summed E-state index contributed by atoms with van der Waals surface area (Å²) in [4.78, 5) is 1.10. The lowest BCUT2D eigenvalue weighted by molar-refractivity contribution is -0.641. The summed E-state index contributed by atoms with van der Waals surface area (Å²) in [7, 11) is 2.11. The molecule has 0 fully saturated rings. The number of rotatable bonds is 2. The fourth-order valence-corrected chi connectivity index (χ4v) is 4.78. The summed E-state index contributed by atoms with van der Waals surface area (Å²) in [5.41, 5.74) is 1.27. The second-order valence-corrected chi connectivity index (χ2v) is 7.52. The second kappa shape index (κ2) is 6.62. The maximum atomic E-state index is 6.46. The number of hydrogen-bond donors (Lipinski definition) is 0. The van der Waals surface area contributed by atoms with E-state index in [1.165, 1.54) is 21.0 Å². The minimum atomic E-state index is 0. The maximum Gasteiger partial charge on any atom is 0.264 e. The molecule has 2 heterocycles. The zero-order valence-electron chi connectivity index (χ0n) is 12.3. The third-order valence-electron chi connectivity index (χ3n) is 3.75. The molecule has 23 heavy (non-hydrogen) atoms. The van der Waals surface area contributed by atoms with Gasteiger partial charge in [0.25, 0.3) is 5.01 Å². The number of aryl methyl sites for hydroxylation is 1. The molecule has 5 heteroatoms. The molecule has 0 aliphatic carbocycles. The summed E-state index contributed by atoms with van der Waals surface area (Å²) in [5, 5.41) is 6.55. The highest BCUT2D eigenvalue weighted by Gasteiger charge is 2.18. The first-order valence-electron chi connectivity index (χ1n) is 6.95. The van der Waals surface area contributed by atoms with Crippen LogP contribution in [0.2, 0.25) is 0 Å². The smallest absolute Gasteiger partial charge is 0.264 e. The van der Waals surface area contributed by atoms with Gasteiger partial charge in [0.1, 0.15) is 11.7 Å². The molecule has 0 bridgehead atoms. The molecule has 0 radical (unpaired) electrons. The Morgan fingerprint density at radius 2 is 1.91 bits per heavy atom. The average molecular weight is 378 g/mol. The lowest BCUT2D eigenvalue weighted by Crippen LogP contribution is -3.00. The van der Waals surface area contributed by atoms with E-state index in [4.69, 9.17) is 11.6 Å². The van der Waals surface area contributed by atoms with E-state index in [1.807, 2.05) is 17.5 Å². The molecule has 0 unspecified atom stereocenters. The van der Waals surface area contributed by atoms with Gasteiger partial charge in [-0.2, -0.15) is 4.57 Å². The fourth-order valence-electron chi connectivity index (χ4n) is 2.68. The van der Waals surface area contributed by atoms with Gasteiger partial charge in [-0.15, -0.1) is 11.3 Å². The first-order valence-corrected chi connectivity index (χ1v) is 9.03. The third-order valence-corrected chi connectivity index (χ3v) is 6.23. The van der Waals surface area contributed by atoms with Gasteiger partial charge in [-0.3, -0.25) is 0 Å². The molecule has 4 aromatic rings. The van der Waals surface area contributed by atoms with Crippen molar-refractivity contribution in [3.8, 4) is 0 Å². The highest BCUT2D eigenvalue weighted by Crippen LogP contribution is 2.31. The van der Waals surface area contributed by atoms with Crippen molar-refractivity contribution < 1.29 is 17.0 Å². The van der Waals surface area contributed by atoms with Gasteiger partial charge < -0.3 is 12.4 Å². The first-order chi connectivity index (χ1) is 10.7. The van der Waals surface area contributed by atoms with Gasteiger partial charge in [-0.1, -0.05) is 53.3 Å². The molecular formula is C18H13Cl2NS2. The molecule has 0 amide bonds. The Morgan fingerprint density at radius 3 is 2.70 bits per heavy atom. The van der Waals surface area contributed by atoms with Crippen molar-refractivity contribution in [3.63, 3.8) is 0 Å². The van der Waals surface area contributed by atoms with Gasteiger partial charge in [0.15, 0.2) is 0 Å². The van der Waals surface area contributed by atoms with E-state index in [1.54, 1.807) is 22.7 Å². The lowest BCUT2D eigenvalue weighted by Gasteiger charge is -1.96. The van der Waals surface area contributed by atoms with Crippen LogP contribution in [0.4, 0.5) is 0 Å². The van der Waals surface area contributed by atoms with Gasteiger partial charge in [-0.25, -0.2) is 0 Å². The van der Waals surface area contributed by atoms with Gasteiger partial charge >= 0.3 is 0 Å². The minimum Gasteiger partial charge on any atom is -1.00 e. The van der Waals surface area contributed by atoms with Crippen LogP contribution in [0.3, 0.4) is 0 Å². The highest BCUT2D eigenvalue weighted by atomic mass is 35.5. The summed E-state index contributed by atoms with van der Waals surface area (Å²) < 4.78 is 3.52. The summed E-state index contributed by atoms with van der Waals surface area (Å²) in [6, 6.07) is 16.9. The molecule has 1 nitrogen and oxygen atoms in total. The van der Waals surface area contributed by atoms with Crippen LogP contribution in [0.15, 0.2) is 53.9 Å². The third kappa shape index (κ3) is 2.90. The molecule has 0 atom stereocenters. The van der Waals surface area contributed by atoms with E-state index in [0.717, 1.165) is 14.9 Å². The molecule has 2 aromatic carbocycles.